The normalized spacial score (nSPS) is 22.1. The predicted octanol–water partition coefficient (Wildman–Crippen LogP) is 4.13. The molecule has 2 aliphatic rings. The molecule has 2 aromatic carbocycles. The molecule has 36 heavy (non-hydrogen) atoms. The molecule has 1 aliphatic carbocycles. The van der Waals surface area contributed by atoms with Crippen molar-refractivity contribution in [2.45, 2.75) is 49.7 Å². The number of carbonyl (C=O) groups excluding carboxylic acids is 1. The van der Waals surface area contributed by atoms with Crippen molar-refractivity contribution >= 4 is 28.5 Å². The fourth-order valence-electron chi connectivity index (χ4n) is 5.46. The zero-order chi connectivity index (χ0) is 25.6. The summed E-state index contributed by atoms with van der Waals surface area (Å²) in [6, 6.07) is 9.35. The van der Waals surface area contributed by atoms with E-state index in [0.717, 1.165) is 18.9 Å². The average molecular weight is 513 g/mol. The number of esters is 1. The van der Waals surface area contributed by atoms with Crippen LogP contribution in [0.15, 0.2) is 45.6 Å². The SMILES string of the molecule is CN1CC[C@H](c2c(O)cc(O)c3c(=O)cc(-c4ccccc4Cl)oc23)[C@H](OC(=O)C2(N)CCCC2)C1. The summed E-state index contributed by atoms with van der Waals surface area (Å²) in [7, 11) is 1.93. The van der Waals surface area contributed by atoms with Crippen molar-refractivity contribution < 1.29 is 24.2 Å². The van der Waals surface area contributed by atoms with Gasteiger partial charge < -0.3 is 30.0 Å². The highest BCUT2D eigenvalue weighted by Gasteiger charge is 2.43. The summed E-state index contributed by atoms with van der Waals surface area (Å²) >= 11 is 6.35. The average Bonchev–Trinajstić information content (AvgIpc) is 3.28. The van der Waals surface area contributed by atoms with Crippen molar-refractivity contribution in [3.63, 3.8) is 0 Å². The van der Waals surface area contributed by atoms with Crippen LogP contribution < -0.4 is 11.2 Å². The number of ether oxygens (including phenoxy) is 1. The van der Waals surface area contributed by atoms with Crippen LogP contribution in [-0.4, -0.2) is 52.9 Å². The van der Waals surface area contributed by atoms with Crippen LogP contribution in [0.4, 0.5) is 0 Å². The number of nitrogens with zero attached hydrogens (tertiary/aromatic N) is 1. The Balaban J connectivity index is 1.64. The van der Waals surface area contributed by atoms with Crippen molar-refractivity contribution in [1.29, 1.82) is 0 Å². The second-order valence-corrected chi connectivity index (χ2v) is 10.4. The summed E-state index contributed by atoms with van der Waals surface area (Å²) in [6.45, 7) is 1.09. The van der Waals surface area contributed by atoms with Crippen LogP contribution in [0, 0.1) is 0 Å². The van der Waals surface area contributed by atoms with Gasteiger partial charge in [-0.1, -0.05) is 36.6 Å². The number of likely N-dealkylation sites (N-methyl/N-ethyl adjacent to an activating group) is 1. The second-order valence-electron chi connectivity index (χ2n) is 9.95. The van der Waals surface area contributed by atoms with E-state index in [1.807, 2.05) is 11.9 Å². The van der Waals surface area contributed by atoms with Crippen LogP contribution in [0.1, 0.15) is 43.6 Å². The Hall–Kier alpha value is -3.07. The molecule has 1 saturated heterocycles. The molecular formula is C27H29ClN2O6. The third kappa shape index (κ3) is 4.34. The van der Waals surface area contributed by atoms with E-state index in [1.54, 1.807) is 24.3 Å². The molecule has 3 aromatic rings. The molecule has 0 spiro atoms. The van der Waals surface area contributed by atoms with Gasteiger partial charge in [0.25, 0.3) is 0 Å². The minimum Gasteiger partial charge on any atom is -0.507 e. The van der Waals surface area contributed by atoms with E-state index in [9.17, 15) is 19.8 Å². The van der Waals surface area contributed by atoms with Gasteiger partial charge in [0.2, 0.25) is 0 Å². The molecule has 1 aromatic heterocycles. The minimum absolute atomic E-state index is 0.0475. The lowest BCUT2D eigenvalue weighted by molar-refractivity contribution is -0.159. The molecule has 0 unspecified atom stereocenters. The van der Waals surface area contributed by atoms with Crippen molar-refractivity contribution in [2.75, 3.05) is 20.1 Å². The molecule has 0 radical (unpaired) electrons. The summed E-state index contributed by atoms with van der Waals surface area (Å²) in [4.78, 5) is 28.3. The molecule has 2 heterocycles. The van der Waals surface area contributed by atoms with E-state index >= 15 is 0 Å². The fourth-order valence-corrected chi connectivity index (χ4v) is 5.69. The Bertz CT molecular complexity index is 1380. The Morgan fingerprint density at radius 3 is 2.64 bits per heavy atom. The number of hydrogen-bond acceptors (Lipinski definition) is 8. The quantitative estimate of drug-likeness (QED) is 0.445. The van der Waals surface area contributed by atoms with E-state index in [-0.39, 0.29) is 28.2 Å². The van der Waals surface area contributed by atoms with Gasteiger partial charge in [0.05, 0.1) is 5.02 Å². The first-order chi connectivity index (χ1) is 17.2. The van der Waals surface area contributed by atoms with Gasteiger partial charge in [-0.2, -0.15) is 0 Å². The minimum atomic E-state index is -1.01. The number of benzene rings is 2. The number of carbonyl (C=O) groups is 1. The van der Waals surface area contributed by atoms with Crippen LogP contribution in [0.3, 0.4) is 0 Å². The number of aromatic hydroxyl groups is 2. The van der Waals surface area contributed by atoms with Gasteiger partial charge in [0, 0.05) is 35.7 Å². The van der Waals surface area contributed by atoms with Crippen LogP contribution in [0.25, 0.3) is 22.3 Å². The van der Waals surface area contributed by atoms with E-state index in [4.69, 9.17) is 26.5 Å². The third-order valence-corrected chi connectivity index (χ3v) is 7.76. The lowest BCUT2D eigenvalue weighted by Crippen LogP contribution is -2.51. The Morgan fingerprint density at radius 1 is 1.19 bits per heavy atom. The second kappa shape index (κ2) is 9.42. The maximum absolute atomic E-state index is 13.1. The third-order valence-electron chi connectivity index (χ3n) is 7.43. The summed E-state index contributed by atoms with van der Waals surface area (Å²) in [6.07, 6.45) is 2.79. The monoisotopic (exact) mass is 512 g/mol. The summed E-state index contributed by atoms with van der Waals surface area (Å²) in [5.74, 6) is -1.36. The van der Waals surface area contributed by atoms with Gasteiger partial charge in [-0.3, -0.25) is 9.59 Å². The number of rotatable bonds is 4. The molecule has 0 amide bonds. The largest absolute Gasteiger partial charge is 0.507 e. The molecule has 4 N–H and O–H groups in total. The number of hydrogen-bond donors (Lipinski definition) is 3. The van der Waals surface area contributed by atoms with Crippen molar-refractivity contribution in [3.8, 4) is 22.8 Å². The number of fused-ring (bicyclic) bond motifs is 1. The first-order valence-electron chi connectivity index (χ1n) is 12.1. The number of phenols is 2. The summed E-state index contributed by atoms with van der Waals surface area (Å²) in [5, 5.41) is 21.9. The number of phenolic OH excluding ortho intramolecular Hbond substituents is 2. The molecule has 190 valence electrons. The van der Waals surface area contributed by atoms with E-state index in [2.05, 4.69) is 0 Å². The molecule has 9 heteroatoms. The molecule has 2 atom stereocenters. The molecule has 5 rings (SSSR count). The molecule has 8 nitrogen and oxygen atoms in total. The van der Waals surface area contributed by atoms with Crippen LogP contribution in [0.2, 0.25) is 5.02 Å². The van der Waals surface area contributed by atoms with Crippen molar-refractivity contribution in [1.82, 2.24) is 4.90 Å². The lowest BCUT2D eigenvalue weighted by Gasteiger charge is -2.38. The van der Waals surface area contributed by atoms with Gasteiger partial charge >= 0.3 is 5.97 Å². The van der Waals surface area contributed by atoms with Crippen LogP contribution in [-0.2, 0) is 9.53 Å². The predicted molar refractivity (Wildman–Crippen MR) is 136 cm³/mol. The summed E-state index contributed by atoms with van der Waals surface area (Å²) in [5.41, 5.74) is 5.74. The molecule has 2 fully saturated rings. The Morgan fingerprint density at radius 2 is 1.92 bits per heavy atom. The van der Waals surface area contributed by atoms with Gasteiger partial charge in [0.15, 0.2) is 5.43 Å². The highest BCUT2D eigenvalue weighted by Crippen LogP contribution is 2.44. The van der Waals surface area contributed by atoms with Gasteiger partial charge in [0.1, 0.15) is 39.9 Å². The standard InChI is InChI=1S/C27H29ClN2O6/c1-30-11-8-16(22(14-30)36-26(34)27(29)9-4-5-10-27)23-18(31)12-19(32)24-20(33)13-21(35-25(23)24)15-6-2-3-7-17(15)28/h2-3,6-7,12-13,16,22,31-32H,4-5,8-11,14,29H2,1H3/t16-,22+/m0/s1. The van der Waals surface area contributed by atoms with E-state index in [0.29, 0.717) is 48.5 Å². The number of halogens is 1. The van der Waals surface area contributed by atoms with E-state index in [1.165, 1.54) is 6.07 Å². The smallest absolute Gasteiger partial charge is 0.326 e. The highest BCUT2D eigenvalue weighted by molar-refractivity contribution is 6.33. The lowest BCUT2D eigenvalue weighted by atomic mass is 9.85. The summed E-state index contributed by atoms with van der Waals surface area (Å²) < 4.78 is 12.2. The Kier molecular flexibility index (Phi) is 6.44. The number of piperidine rings is 1. The van der Waals surface area contributed by atoms with Gasteiger partial charge in [-0.15, -0.1) is 0 Å². The number of nitrogens with two attached hydrogens (primary N) is 1. The van der Waals surface area contributed by atoms with E-state index < -0.39 is 29.0 Å². The maximum Gasteiger partial charge on any atom is 0.326 e. The Labute approximate surface area is 213 Å². The van der Waals surface area contributed by atoms with Crippen LogP contribution >= 0.6 is 11.6 Å². The molecule has 0 bridgehead atoms. The number of likely N-dealkylation sites (tertiary alicyclic amines) is 1. The van der Waals surface area contributed by atoms with Crippen LogP contribution in [0.5, 0.6) is 11.5 Å². The molecule has 1 saturated carbocycles. The fraction of sp³-hybridized carbons (Fsp3) is 0.407. The molecule has 1 aliphatic heterocycles. The zero-order valence-electron chi connectivity index (χ0n) is 20.0. The van der Waals surface area contributed by atoms with Gasteiger partial charge in [-0.25, -0.2) is 0 Å². The maximum atomic E-state index is 13.1. The topological polar surface area (TPSA) is 126 Å². The first kappa shape index (κ1) is 24.6. The first-order valence-corrected chi connectivity index (χ1v) is 12.5. The van der Waals surface area contributed by atoms with Gasteiger partial charge in [-0.05, 0) is 45.0 Å². The van der Waals surface area contributed by atoms with Crippen molar-refractivity contribution in [3.05, 3.63) is 57.2 Å². The highest BCUT2D eigenvalue weighted by atomic mass is 35.5. The molecular weight excluding hydrogens is 484 g/mol. The zero-order valence-corrected chi connectivity index (χ0v) is 20.8. The van der Waals surface area contributed by atoms with Crippen molar-refractivity contribution in [2.24, 2.45) is 5.73 Å².